The average Bonchev–Trinajstić information content (AvgIpc) is 3.16. The Morgan fingerprint density at radius 2 is 1.77 bits per heavy atom. The van der Waals surface area contributed by atoms with Crippen LogP contribution in [0.25, 0.3) is 5.65 Å². The van der Waals surface area contributed by atoms with Gasteiger partial charge in [-0.1, -0.05) is 6.07 Å². The van der Waals surface area contributed by atoms with Gasteiger partial charge in [-0.15, -0.1) is 0 Å². The van der Waals surface area contributed by atoms with E-state index in [1.54, 1.807) is 28.8 Å². The van der Waals surface area contributed by atoms with E-state index in [4.69, 9.17) is 5.11 Å². The first-order chi connectivity index (χ1) is 14.5. The number of hydrogen-bond donors (Lipinski definition) is 3. The molecule has 2 aromatic heterocycles. The molecule has 4 fully saturated rings. The molecule has 0 aliphatic heterocycles. The van der Waals surface area contributed by atoms with Crippen LogP contribution in [0.3, 0.4) is 0 Å². The first kappa shape index (κ1) is 19.5. The lowest BCUT2D eigenvalue weighted by Gasteiger charge is -2.56. The van der Waals surface area contributed by atoms with Gasteiger partial charge in [0.15, 0.2) is 0 Å². The van der Waals surface area contributed by atoms with Crippen LogP contribution in [-0.4, -0.2) is 46.0 Å². The lowest BCUT2D eigenvalue weighted by Crippen LogP contribution is -2.51. The highest BCUT2D eigenvalue weighted by molar-refractivity contribution is 5.95. The number of aliphatic hydroxyl groups excluding tert-OH is 1. The zero-order chi connectivity index (χ0) is 20.7. The minimum atomic E-state index is -0.299. The zero-order valence-electron chi connectivity index (χ0n) is 17.3. The molecule has 4 aliphatic rings. The number of amides is 2. The van der Waals surface area contributed by atoms with Crippen molar-refractivity contribution >= 4 is 17.5 Å². The number of nitrogens with zero attached hydrogens (tertiary/aromatic N) is 2. The second-order valence-electron chi connectivity index (χ2n) is 9.70. The van der Waals surface area contributed by atoms with E-state index in [1.807, 2.05) is 0 Å². The minimum Gasteiger partial charge on any atom is -0.396 e. The molecule has 2 amide bonds. The van der Waals surface area contributed by atoms with Crippen LogP contribution in [0.2, 0.25) is 0 Å². The summed E-state index contributed by atoms with van der Waals surface area (Å²) in [4.78, 5) is 29.7. The lowest BCUT2D eigenvalue weighted by atomic mass is 9.49. The molecule has 2 heterocycles. The highest BCUT2D eigenvalue weighted by Crippen LogP contribution is 2.59. The number of carbonyl (C=O) groups excluding carboxylic acids is 2. The zero-order valence-corrected chi connectivity index (χ0v) is 17.3. The number of rotatable bonds is 7. The largest absolute Gasteiger partial charge is 0.396 e. The molecular weight excluding hydrogens is 380 g/mol. The number of pyridine rings is 1. The Hall–Kier alpha value is -2.41. The Balaban J connectivity index is 1.30. The molecule has 3 N–H and O–H groups in total. The van der Waals surface area contributed by atoms with Gasteiger partial charge < -0.3 is 15.7 Å². The van der Waals surface area contributed by atoms with Gasteiger partial charge in [0.05, 0.1) is 0 Å². The third-order valence-electron chi connectivity index (χ3n) is 7.37. The van der Waals surface area contributed by atoms with Crippen LogP contribution >= 0.6 is 0 Å². The number of fused-ring (bicyclic) bond motifs is 1. The molecule has 0 atom stereocenters. The highest BCUT2D eigenvalue weighted by Gasteiger charge is 2.50. The van der Waals surface area contributed by atoms with Crippen LogP contribution in [-0.2, 0) is 0 Å². The first-order valence-corrected chi connectivity index (χ1v) is 11.2. The lowest BCUT2D eigenvalue weighted by molar-refractivity contribution is -0.0503. The maximum atomic E-state index is 13.1. The molecule has 0 saturated heterocycles. The molecule has 30 heavy (non-hydrogen) atoms. The van der Waals surface area contributed by atoms with Crippen molar-refractivity contribution in [3.05, 3.63) is 35.8 Å². The van der Waals surface area contributed by atoms with Crippen molar-refractivity contribution < 1.29 is 14.7 Å². The van der Waals surface area contributed by atoms with Gasteiger partial charge in [0.1, 0.15) is 17.0 Å². The Morgan fingerprint density at radius 1 is 1.07 bits per heavy atom. The van der Waals surface area contributed by atoms with Gasteiger partial charge in [0.2, 0.25) is 0 Å². The molecule has 0 radical (unpaired) electrons. The van der Waals surface area contributed by atoms with E-state index in [1.165, 1.54) is 38.5 Å². The van der Waals surface area contributed by atoms with Gasteiger partial charge in [-0.2, -0.15) is 0 Å². The van der Waals surface area contributed by atoms with Crippen molar-refractivity contribution in [1.29, 1.82) is 0 Å². The molecule has 0 aromatic carbocycles. The Kier molecular flexibility index (Phi) is 5.01. The third-order valence-corrected chi connectivity index (χ3v) is 7.37. The van der Waals surface area contributed by atoms with Crippen molar-refractivity contribution in [2.24, 2.45) is 23.2 Å². The standard InChI is InChI=1S/C23H30N4O3/c28-6-2-5-24-21(29)18-13-27-19(3-1-4-20(27)26-18)22(30)25-14-23-10-15-7-16(11-23)9-17(8-15)12-23/h1,3-4,13,15-17,28H,2,5-12,14H2,(H,24,29)(H,25,30). The second-order valence-corrected chi connectivity index (χ2v) is 9.70. The van der Waals surface area contributed by atoms with Crippen LogP contribution in [0.15, 0.2) is 24.4 Å². The smallest absolute Gasteiger partial charge is 0.271 e. The normalized spacial score (nSPS) is 29.3. The summed E-state index contributed by atoms with van der Waals surface area (Å²) >= 11 is 0. The summed E-state index contributed by atoms with van der Waals surface area (Å²) in [7, 11) is 0. The van der Waals surface area contributed by atoms with E-state index in [0.717, 1.165) is 24.3 Å². The molecule has 160 valence electrons. The first-order valence-electron chi connectivity index (χ1n) is 11.2. The van der Waals surface area contributed by atoms with Gasteiger partial charge in [0.25, 0.3) is 11.8 Å². The van der Waals surface area contributed by atoms with Crippen LogP contribution in [0.1, 0.15) is 65.9 Å². The number of aliphatic hydroxyl groups is 1. The molecular formula is C23H30N4O3. The van der Waals surface area contributed by atoms with Crippen LogP contribution in [0.4, 0.5) is 0 Å². The Morgan fingerprint density at radius 3 is 2.43 bits per heavy atom. The monoisotopic (exact) mass is 410 g/mol. The molecule has 0 spiro atoms. The molecule has 7 heteroatoms. The maximum absolute atomic E-state index is 13.1. The molecule has 4 bridgehead atoms. The summed E-state index contributed by atoms with van der Waals surface area (Å²) in [5, 5.41) is 14.8. The van der Waals surface area contributed by atoms with E-state index in [-0.39, 0.29) is 29.5 Å². The van der Waals surface area contributed by atoms with Crippen molar-refractivity contribution in [2.75, 3.05) is 19.7 Å². The number of hydrogen-bond acceptors (Lipinski definition) is 4. The van der Waals surface area contributed by atoms with Crippen molar-refractivity contribution in [2.45, 2.75) is 44.9 Å². The molecule has 2 aromatic rings. The summed E-state index contributed by atoms with van der Waals surface area (Å²) < 4.78 is 1.69. The van der Waals surface area contributed by atoms with E-state index >= 15 is 0 Å². The van der Waals surface area contributed by atoms with Crippen molar-refractivity contribution in [3.63, 3.8) is 0 Å². The number of aromatic nitrogens is 2. The molecule has 6 rings (SSSR count). The quantitative estimate of drug-likeness (QED) is 0.611. The van der Waals surface area contributed by atoms with E-state index < -0.39 is 0 Å². The van der Waals surface area contributed by atoms with E-state index in [2.05, 4.69) is 15.6 Å². The Labute approximate surface area is 176 Å². The predicted octanol–water partition coefficient (Wildman–Crippen LogP) is 2.39. The highest BCUT2D eigenvalue weighted by atomic mass is 16.3. The van der Waals surface area contributed by atoms with E-state index in [9.17, 15) is 9.59 Å². The van der Waals surface area contributed by atoms with Crippen molar-refractivity contribution in [3.8, 4) is 0 Å². The Bertz CT molecular complexity index is 931. The molecule has 0 unspecified atom stereocenters. The average molecular weight is 411 g/mol. The van der Waals surface area contributed by atoms with Gasteiger partial charge in [-0.25, -0.2) is 4.98 Å². The fourth-order valence-electron chi connectivity index (χ4n) is 6.54. The maximum Gasteiger partial charge on any atom is 0.271 e. The number of imidazole rings is 1. The molecule has 7 nitrogen and oxygen atoms in total. The fourth-order valence-corrected chi connectivity index (χ4v) is 6.54. The fraction of sp³-hybridized carbons (Fsp3) is 0.609. The van der Waals surface area contributed by atoms with Crippen molar-refractivity contribution in [1.82, 2.24) is 20.0 Å². The topological polar surface area (TPSA) is 95.7 Å². The van der Waals surface area contributed by atoms with Gasteiger partial charge >= 0.3 is 0 Å². The second kappa shape index (κ2) is 7.69. The molecule has 4 aliphatic carbocycles. The number of carbonyl (C=O) groups is 2. The summed E-state index contributed by atoms with van der Waals surface area (Å²) in [6, 6.07) is 5.37. The van der Waals surface area contributed by atoms with Gasteiger partial charge in [-0.05, 0) is 80.2 Å². The minimum absolute atomic E-state index is 0.0273. The predicted molar refractivity (Wildman–Crippen MR) is 112 cm³/mol. The summed E-state index contributed by atoms with van der Waals surface area (Å²) in [5.41, 5.74) is 1.63. The third kappa shape index (κ3) is 3.60. The van der Waals surface area contributed by atoms with Gasteiger partial charge in [0, 0.05) is 25.9 Å². The molecule has 4 saturated carbocycles. The SMILES string of the molecule is O=C(NCCCO)c1cn2c(C(=O)NCC34CC5CC(CC(C5)C3)C4)cccc2n1. The van der Waals surface area contributed by atoms with E-state index in [0.29, 0.717) is 24.3 Å². The summed E-state index contributed by atoms with van der Waals surface area (Å²) in [6.45, 7) is 1.16. The number of nitrogens with one attached hydrogen (secondary N) is 2. The summed E-state index contributed by atoms with van der Waals surface area (Å²) in [6.07, 6.45) is 10.1. The van der Waals surface area contributed by atoms with Crippen LogP contribution < -0.4 is 10.6 Å². The van der Waals surface area contributed by atoms with Crippen LogP contribution in [0, 0.1) is 23.2 Å². The van der Waals surface area contributed by atoms with Crippen LogP contribution in [0.5, 0.6) is 0 Å². The van der Waals surface area contributed by atoms with Gasteiger partial charge in [-0.3, -0.25) is 14.0 Å². The summed E-state index contributed by atoms with van der Waals surface area (Å²) in [5.74, 6) is 2.17.